The zero-order valence-corrected chi connectivity index (χ0v) is 11.4. The van der Waals surface area contributed by atoms with Gasteiger partial charge in [0.15, 0.2) is 0 Å². The third-order valence-corrected chi connectivity index (χ3v) is 3.90. The monoisotopic (exact) mass is 241 g/mol. The molecule has 2 N–H and O–H groups in total. The molecule has 1 atom stereocenters. The molecule has 0 aliphatic carbocycles. The van der Waals surface area contributed by atoms with Gasteiger partial charge in [-0.2, -0.15) is 16.9 Å². The third kappa shape index (κ3) is 4.18. The van der Waals surface area contributed by atoms with Crippen molar-refractivity contribution in [2.75, 3.05) is 11.5 Å². The van der Waals surface area contributed by atoms with E-state index in [4.69, 9.17) is 5.73 Å². The molecular weight excluding hydrogens is 218 g/mol. The SMILES string of the molecule is CCCSCC(N)Cc1cc(CC)nn1C. The maximum absolute atomic E-state index is 6.10. The summed E-state index contributed by atoms with van der Waals surface area (Å²) in [5, 5.41) is 4.43. The topological polar surface area (TPSA) is 43.8 Å². The van der Waals surface area contributed by atoms with Gasteiger partial charge in [0.25, 0.3) is 0 Å². The molecule has 1 rings (SSSR count). The maximum Gasteiger partial charge on any atom is 0.0624 e. The normalized spacial score (nSPS) is 13.0. The Labute approximate surface area is 103 Å². The highest BCUT2D eigenvalue weighted by atomic mass is 32.2. The number of nitrogens with two attached hydrogens (primary N) is 1. The molecule has 0 bridgehead atoms. The van der Waals surface area contributed by atoms with E-state index in [1.165, 1.54) is 17.9 Å². The second-order valence-electron chi connectivity index (χ2n) is 4.14. The van der Waals surface area contributed by atoms with Crippen LogP contribution < -0.4 is 5.73 Å². The minimum absolute atomic E-state index is 0.247. The van der Waals surface area contributed by atoms with Crippen molar-refractivity contribution in [3.63, 3.8) is 0 Å². The van der Waals surface area contributed by atoms with Crippen LogP contribution in [0.15, 0.2) is 6.07 Å². The Morgan fingerprint density at radius 3 is 2.81 bits per heavy atom. The number of rotatable bonds is 7. The molecule has 0 radical (unpaired) electrons. The van der Waals surface area contributed by atoms with Gasteiger partial charge >= 0.3 is 0 Å². The molecule has 3 nitrogen and oxygen atoms in total. The first kappa shape index (κ1) is 13.6. The molecule has 0 saturated carbocycles. The molecule has 1 heterocycles. The molecule has 1 unspecified atom stereocenters. The Hall–Kier alpha value is -0.480. The highest BCUT2D eigenvalue weighted by Gasteiger charge is 2.09. The van der Waals surface area contributed by atoms with Gasteiger partial charge in [-0.1, -0.05) is 13.8 Å². The number of thioether (sulfide) groups is 1. The first-order valence-corrected chi connectivity index (χ1v) is 7.17. The van der Waals surface area contributed by atoms with E-state index in [1.54, 1.807) is 0 Å². The summed E-state index contributed by atoms with van der Waals surface area (Å²) >= 11 is 1.94. The molecule has 0 aromatic carbocycles. The van der Waals surface area contributed by atoms with Gasteiger partial charge in [0.2, 0.25) is 0 Å². The van der Waals surface area contributed by atoms with Crippen LogP contribution in [0.1, 0.15) is 31.7 Å². The van der Waals surface area contributed by atoms with Crippen molar-refractivity contribution in [2.24, 2.45) is 12.8 Å². The average Bonchev–Trinajstić information content (AvgIpc) is 2.60. The van der Waals surface area contributed by atoms with E-state index in [1.807, 2.05) is 23.5 Å². The van der Waals surface area contributed by atoms with Gasteiger partial charge in [0, 0.05) is 31.0 Å². The Kier molecular flexibility index (Phi) is 5.91. The van der Waals surface area contributed by atoms with Gasteiger partial charge in [-0.15, -0.1) is 0 Å². The van der Waals surface area contributed by atoms with Gasteiger partial charge in [0.05, 0.1) is 5.69 Å². The lowest BCUT2D eigenvalue weighted by Gasteiger charge is -2.10. The third-order valence-electron chi connectivity index (χ3n) is 2.54. The first-order valence-electron chi connectivity index (χ1n) is 6.02. The molecule has 0 amide bonds. The molecule has 0 saturated heterocycles. The van der Waals surface area contributed by atoms with Gasteiger partial charge in [0.1, 0.15) is 0 Å². The standard InChI is InChI=1S/C12H23N3S/c1-4-6-16-9-10(13)7-12-8-11(5-2)14-15(12)3/h8,10H,4-7,9,13H2,1-3H3. The fraction of sp³-hybridized carbons (Fsp3) is 0.750. The van der Waals surface area contributed by atoms with Crippen molar-refractivity contribution < 1.29 is 0 Å². The van der Waals surface area contributed by atoms with Crippen molar-refractivity contribution in [1.29, 1.82) is 0 Å². The lowest BCUT2D eigenvalue weighted by Crippen LogP contribution is -2.26. The number of hydrogen-bond donors (Lipinski definition) is 1. The summed E-state index contributed by atoms with van der Waals surface area (Å²) in [6.07, 6.45) is 3.15. The van der Waals surface area contributed by atoms with Crippen molar-refractivity contribution >= 4 is 11.8 Å². The zero-order chi connectivity index (χ0) is 12.0. The Balaban J connectivity index is 2.42. The van der Waals surface area contributed by atoms with Crippen molar-refractivity contribution in [1.82, 2.24) is 9.78 Å². The lowest BCUT2D eigenvalue weighted by molar-refractivity contribution is 0.650. The molecule has 1 aromatic rings. The van der Waals surface area contributed by atoms with Crippen LogP contribution >= 0.6 is 11.8 Å². The second-order valence-corrected chi connectivity index (χ2v) is 5.29. The smallest absolute Gasteiger partial charge is 0.0624 e. The summed E-state index contributed by atoms with van der Waals surface area (Å²) in [5.41, 5.74) is 8.51. The highest BCUT2D eigenvalue weighted by molar-refractivity contribution is 7.99. The minimum atomic E-state index is 0.247. The van der Waals surface area contributed by atoms with Gasteiger partial charge in [-0.25, -0.2) is 0 Å². The number of aromatic nitrogens is 2. The summed E-state index contributed by atoms with van der Waals surface area (Å²) in [7, 11) is 2.00. The van der Waals surface area contributed by atoms with Crippen LogP contribution in [0.5, 0.6) is 0 Å². The fourth-order valence-corrected chi connectivity index (χ4v) is 2.52. The molecule has 1 aromatic heterocycles. The number of nitrogens with zero attached hydrogens (tertiary/aromatic N) is 2. The molecule has 0 aliphatic heterocycles. The van der Waals surface area contributed by atoms with E-state index in [2.05, 4.69) is 25.0 Å². The number of hydrogen-bond acceptors (Lipinski definition) is 3. The molecule has 16 heavy (non-hydrogen) atoms. The quantitative estimate of drug-likeness (QED) is 0.743. The Bertz CT molecular complexity index is 309. The predicted octanol–water partition coefficient (Wildman–Crippen LogP) is 2.00. The number of aryl methyl sites for hydroxylation is 2. The van der Waals surface area contributed by atoms with E-state index in [0.29, 0.717) is 0 Å². The maximum atomic E-state index is 6.10. The minimum Gasteiger partial charge on any atom is -0.327 e. The Morgan fingerprint density at radius 2 is 2.25 bits per heavy atom. The fourth-order valence-electron chi connectivity index (χ4n) is 1.64. The van der Waals surface area contributed by atoms with Crippen molar-refractivity contribution in [3.8, 4) is 0 Å². The van der Waals surface area contributed by atoms with E-state index in [0.717, 1.165) is 24.3 Å². The molecule has 4 heteroatoms. The van der Waals surface area contributed by atoms with Crippen LogP contribution in [0.3, 0.4) is 0 Å². The summed E-state index contributed by atoms with van der Waals surface area (Å²) in [6, 6.07) is 2.42. The largest absolute Gasteiger partial charge is 0.327 e. The molecule has 0 spiro atoms. The lowest BCUT2D eigenvalue weighted by atomic mass is 10.2. The van der Waals surface area contributed by atoms with Crippen LogP contribution in [0.4, 0.5) is 0 Å². The van der Waals surface area contributed by atoms with Crippen molar-refractivity contribution in [3.05, 3.63) is 17.5 Å². The van der Waals surface area contributed by atoms with Crippen LogP contribution in [-0.2, 0) is 19.9 Å². The van der Waals surface area contributed by atoms with Gasteiger partial charge in [-0.05, 0) is 24.7 Å². The average molecular weight is 241 g/mol. The summed E-state index contributed by atoms with van der Waals surface area (Å²) in [6.45, 7) is 4.33. The molecule has 0 fully saturated rings. The molecular formula is C12H23N3S. The van der Waals surface area contributed by atoms with Crippen LogP contribution in [0, 0.1) is 0 Å². The van der Waals surface area contributed by atoms with Crippen LogP contribution in [-0.4, -0.2) is 27.3 Å². The predicted molar refractivity (Wildman–Crippen MR) is 71.9 cm³/mol. The van der Waals surface area contributed by atoms with Crippen molar-refractivity contribution in [2.45, 2.75) is 39.2 Å². The van der Waals surface area contributed by atoms with Gasteiger partial charge < -0.3 is 5.73 Å². The van der Waals surface area contributed by atoms with E-state index >= 15 is 0 Å². The highest BCUT2D eigenvalue weighted by Crippen LogP contribution is 2.10. The first-order chi connectivity index (χ1) is 7.67. The summed E-state index contributed by atoms with van der Waals surface area (Å²) in [4.78, 5) is 0. The Morgan fingerprint density at radius 1 is 1.50 bits per heavy atom. The summed E-state index contributed by atoms with van der Waals surface area (Å²) < 4.78 is 1.96. The van der Waals surface area contributed by atoms with E-state index in [-0.39, 0.29) is 6.04 Å². The second kappa shape index (κ2) is 6.97. The molecule has 92 valence electrons. The van der Waals surface area contributed by atoms with Crippen LogP contribution in [0.2, 0.25) is 0 Å². The molecule has 0 aliphatic rings. The zero-order valence-electron chi connectivity index (χ0n) is 10.6. The van der Waals surface area contributed by atoms with E-state index in [9.17, 15) is 0 Å². The summed E-state index contributed by atoms with van der Waals surface area (Å²) in [5.74, 6) is 2.25. The van der Waals surface area contributed by atoms with Crippen LogP contribution in [0.25, 0.3) is 0 Å². The van der Waals surface area contributed by atoms with E-state index < -0.39 is 0 Å². The van der Waals surface area contributed by atoms with Gasteiger partial charge in [-0.3, -0.25) is 4.68 Å².